The largest absolute Gasteiger partial charge is 0.456 e. The lowest BCUT2D eigenvalue weighted by molar-refractivity contribution is -0.866. The molecule has 0 unspecified atom stereocenters. The minimum absolute atomic E-state index is 0.0784. The summed E-state index contributed by atoms with van der Waals surface area (Å²) in [6.45, 7) is 3.79. The van der Waals surface area contributed by atoms with Crippen LogP contribution in [0, 0.1) is 12.9 Å². The topological polar surface area (TPSA) is 90.8 Å². The lowest BCUT2D eigenvalue weighted by Crippen LogP contribution is -2.53. The molecule has 2 aromatic heterocycles. The second-order valence-corrected chi connectivity index (χ2v) is 8.25. The van der Waals surface area contributed by atoms with E-state index in [1.54, 1.807) is 6.07 Å². The molecule has 1 aliphatic rings. The van der Waals surface area contributed by atoms with Gasteiger partial charge in [-0.15, -0.1) is 7.05 Å². The van der Waals surface area contributed by atoms with Crippen LogP contribution in [0.4, 0.5) is 15.8 Å². The number of aromatic amines is 2. The standard InChI is InChI=1S/C22H23FN6O/c1-29(2)10-8-28(9-11-29)13-6-7-15-17(12-13)26-21(25-15)19-20(24)18-14(23)4-3-5-16(18)27-22(19)30/h3-7,12H,1,8-11H2,2H3,(H,25,26)(H3,24,27,30). The molecule has 30 heavy (non-hydrogen) atoms. The number of halogens is 1. The van der Waals surface area contributed by atoms with E-state index in [2.05, 4.69) is 33.9 Å². The van der Waals surface area contributed by atoms with Gasteiger partial charge in [0, 0.05) is 12.7 Å². The van der Waals surface area contributed by atoms with Gasteiger partial charge in [0.25, 0.3) is 5.56 Å². The van der Waals surface area contributed by atoms with E-state index in [1.165, 1.54) is 12.1 Å². The van der Waals surface area contributed by atoms with Crippen molar-refractivity contribution in [3.8, 4) is 11.4 Å². The van der Waals surface area contributed by atoms with Gasteiger partial charge in [0.1, 0.15) is 17.2 Å². The van der Waals surface area contributed by atoms with Crippen LogP contribution in [0.1, 0.15) is 0 Å². The highest BCUT2D eigenvalue weighted by molar-refractivity contribution is 5.98. The zero-order valence-electron chi connectivity index (χ0n) is 16.7. The van der Waals surface area contributed by atoms with Crippen molar-refractivity contribution in [2.24, 2.45) is 0 Å². The fraction of sp³-hybridized carbons (Fsp3) is 0.227. The third-order valence-corrected chi connectivity index (χ3v) is 5.91. The number of pyridine rings is 1. The molecule has 4 N–H and O–H groups in total. The molecule has 0 radical (unpaired) electrons. The fourth-order valence-electron chi connectivity index (χ4n) is 4.09. The van der Waals surface area contributed by atoms with E-state index in [-0.39, 0.29) is 16.6 Å². The first-order valence-electron chi connectivity index (χ1n) is 9.86. The Morgan fingerprint density at radius 3 is 2.70 bits per heavy atom. The van der Waals surface area contributed by atoms with E-state index < -0.39 is 11.4 Å². The molecule has 154 valence electrons. The molecule has 1 fully saturated rings. The summed E-state index contributed by atoms with van der Waals surface area (Å²) in [7, 11) is 6.35. The van der Waals surface area contributed by atoms with Crippen LogP contribution in [-0.2, 0) is 0 Å². The third-order valence-electron chi connectivity index (χ3n) is 5.91. The number of nitrogens with one attached hydrogen (secondary N) is 2. The Balaban J connectivity index is 1.58. The second kappa shape index (κ2) is 6.56. The van der Waals surface area contributed by atoms with Crippen LogP contribution in [0.5, 0.6) is 0 Å². The molecule has 2 aromatic carbocycles. The van der Waals surface area contributed by atoms with Crippen LogP contribution in [-0.4, -0.2) is 52.7 Å². The number of nitrogens with two attached hydrogens (primary N) is 1. The summed E-state index contributed by atoms with van der Waals surface area (Å²) in [5, 5.41) is 0.191. The molecule has 5 rings (SSSR count). The highest BCUT2D eigenvalue weighted by atomic mass is 19.1. The predicted molar refractivity (Wildman–Crippen MR) is 118 cm³/mol. The fourth-order valence-corrected chi connectivity index (χ4v) is 4.09. The number of piperazine rings is 1. The van der Waals surface area contributed by atoms with Crippen molar-refractivity contribution in [1.82, 2.24) is 15.0 Å². The smallest absolute Gasteiger partial charge is 0.261 e. The number of nitrogen functional groups attached to an aromatic ring is 1. The van der Waals surface area contributed by atoms with Gasteiger partial charge in [0.15, 0.2) is 0 Å². The van der Waals surface area contributed by atoms with Crippen molar-refractivity contribution in [1.29, 1.82) is 0 Å². The summed E-state index contributed by atoms with van der Waals surface area (Å²) in [4.78, 5) is 25.4. The summed E-state index contributed by atoms with van der Waals surface area (Å²) < 4.78 is 15.1. The first-order valence-corrected chi connectivity index (χ1v) is 9.86. The maximum absolute atomic E-state index is 14.3. The van der Waals surface area contributed by atoms with Gasteiger partial charge >= 0.3 is 0 Å². The average Bonchev–Trinajstić information content (AvgIpc) is 3.10. The van der Waals surface area contributed by atoms with Crippen LogP contribution in [0.15, 0.2) is 41.2 Å². The van der Waals surface area contributed by atoms with E-state index in [0.717, 1.165) is 47.4 Å². The van der Waals surface area contributed by atoms with Gasteiger partial charge in [0.2, 0.25) is 0 Å². The number of rotatable bonds is 2. The Morgan fingerprint density at radius 2 is 1.93 bits per heavy atom. The SMILES string of the molecule is [CH2-][N+]1(C)CCN(c2ccc3nc(-c4c(N)c5c(F)cccc5[nH]c4=O)[nH]c3c2)CC1. The molecule has 7 nitrogen and oxygen atoms in total. The van der Waals surface area contributed by atoms with Crippen molar-refractivity contribution in [3.05, 3.63) is 59.6 Å². The van der Waals surface area contributed by atoms with Gasteiger partial charge in [-0.3, -0.25) is 4.79 Å². The number of H-pyrrole nitrogens is 2. The second-order valence-electron chi connectivity index (χ2n) is 8.25. The Hall–Kier alpha value is -3.39. The maximum Gasteiger partial charge on any atom is 0.261 e. The quantitative estimate of drug-likeness (QED) is 0.353. The molecule has 0 amide bonds. The Labute approximate surface area is 172 Å². The summed E-state index contributed by atoms with van der Waals surface area (Å²) in [6, 6.07) is 10.4. The van der Waals surface area contributed by atoms with Gasteiger partial charge in [-0.25, -0.2) is 9.37 Å². The third kappa shape index (κ3) is 3.00. The van der Waals surface area contributed by atoms with E-state index in [9.17, 15) is 9.18 Å². The minimum Gasteiger partial charge on any atom is -0.456 e. The van der Waals surface area contributed by atoms with Crippen molar-refractivity contribution in [2.75, 3.05) is 43.9 Å². The van der Waals surface area contributed by atoms with Gasteiger partial charge in [0.05, 0.1) is 53.8 Å². The molecule has 0 bridgehead atoms. The molecule has 1 saturated heterocycles. The minimum atomic E-state index is -0.484. The zero-order chi connectivity index (χ0) is 21.0. The molecule has 1 aliphatic heterocycles. The van der Waals surface area contributed by atoms with Gasteiger partial charge in [-0.05, 0) is 30.3 Å². The number of imidazole rings is 1. The number of quaternary nitrogens is 1. The number of hydrogen-bond donors (Lipinski definition) is 3. The Morgan fingerprint density at radius 1 is 1.17 bits per heavy atom. The number of benzene rings is 2. The summed E-state index contributed by atoms with van der Waals surface area (Å²) in [5.74, 6) is -0.159. The summed E-state index contributed by atoms with van der Waals surface area (Å²) >= 11 is 0. The van der Waals surface area contributed by atoms with E-state index in [1.807, 2.05) is 18.2 Å². The molecule has 0 aliphatic carbocycles. The van der Waals surface area contributed by atoms with E-state index in [4.69, 9.17) is 5.73 Å². The van der Waals surface area contributed by atoms with Gasteiger partial charge in [-0.1, -0.05) is 6.07 Å². The lowest BCUT2D eigenvalue weighted by atomic mass is 10.1. The average molecular weight is 406 g/mol. The lowest BCUT2D eigenvalue weighted by Gasteiger charge is -2.45. The van der Waals surface area contributed by atoms with E-state index in [0.29, 0.717) is 11.3 Å². The van der Waals surface area contributed by atoms with Crippen LogP contribution in [0.2, 0.25) is 0 Å². The molecule has 4 aromatic rings. The molecule has 0 spiro atoms. The van der Waals surface area contributed by atoms with E-state index >= 15 is 0 Å². The van der Waals surface area contributed by atoms with Crippen molar-refractivity contribution in [3.63, 3.8) is 0 Å². The number of hydrogen-bond acceptors (Lipinski definition) is 4. The molecular formula is C22H23FN6O. The maximum atomic E-state index is 14.3. The number of aromatic nitrogens is 3. The van der Waals surface area contributed by atoms with Crippen LogP contribution < -0.4 is 16.2 Å². The summed E-state index contributed by atoms with van der Waals surface area (Å²) in [6.07, 6.45) is 0. The first kappa shape index (κ1) is 18.6. The first-order chi connectivity index (χ1) is 14.3. The summed E-state index contributed by atoms with van der Waals surface area (Å²) in [5.41, 5.74) is 8.99. The van der Waals surface area contributed by atoms with Crippen LogP contribution in [0.3, 0.4) is 0 Å². The molecule has 3 heterocycles. The Kier molecular flexibility index (Phi) is 4.08. The monoisotopic (exact) mass is 406 g/mol. The molecule has 0 saturated carbocycles. The highest BCUT2D eigenvalue weighted by Gasteiger charge is 2.22. The predicted octanol–water partition coefficient (Wildman–Crippen LogP) is 2.85. The normalized spacial score (nSPS) is 16.4. The number of nitrogens with zero attached hydrogens (tertiary/aromatic N) is 3. The van der Waals surface area contributed by atoms with Crippen molar-refractivity contribution >= 4 is 33.3 Å². The van der Waals surface area contributed by atoms with Gasteiger partial charge in [-0.2, -0.15) is 0 Å². The van der Waals surface area contributed by atoms with Crippen LogP contribution in [0.25, 0.3) is 33.3 Å². The van der Waals surface area contributed by atoms with Crippen molar-refractivity contribution < 1.29 is 8.87 Å². The molecular weight excluding hydrogens is 383 g/mol. The number of anilines is 2. The van der Waals surface area contributed by atoms with Gasteiger partial charge < -0.3 is 25.1 Å². The van der Waals surface area contributed by atoms with Crippen molar-refractivity contribution in [2.45, 2.75) is 0 Å². The number of fused-ring (bicyclic) bond motifs is 2. The van der Waals surface area contributed by atoms with Crippen LogP contribution >= 0.6 is 0 Å². The number of likely N-dealkylation sites (N-methyl/N-ethyl adjacent to an activating group) is 1. The molecule has 8 heteroatoms. The highest BCUT2D eigenvalue weighted by Crippen LogP contribution is 2.31. The zero-order valence-corrected chi connectivity index (χ0v) is 16.7. The Bertz CT molecular complexity index is 1330. The molecule has 0 atom stereocenters.